The maximum absolute atomic E-state index is 6.28. The summed E-state index contributed by atoms with van der Waals surface area (Å²) >= 11 is 0. The van der Waals surface area contributed by atoms with Gasteiger partial charge in [0.1, 0.15) is 11.2 Å². The molecule has 1 aliphatic rings. The Kier molecular flexibility index (Phi) is 8.18. The van der Waals surface area contributed by atoms with Gasteiger partial charge in [0.05, 0.1) is 11.0 Å². The van der Waals surface area contributed by atoms with Crippen molar-refractivity contribution < 1.29 is 4.42 Å². The van der Waals surface area contributed by atoms with Crippen LogP contribution >= 0.6 is 0 Å². The van der Waals surface area contributed by atoms with Crippen LogP contribution in [0.25, 0.3) is 117 Å². The predicted octanol–water partition coefficient (Wildman–Crippen LogP) is 15.5. The first-order chi connectivity index (χ1) is 32.0. The second-order valence-corrected chi connectivity index (χ2v) is 17.6. The fraction of sp³-hybridized carbons (Fsp3) is 0.0500. The Labute approximate surface area is 376 Å². The smallest absolute Gasteiger partial charge is 0.164 e. The van der Waals surface area contributed by atoms with E-state index in [-0.39, 0.29) is 5.41 Å². The molecular weight excluding hydrogens is 793 g/mol. The zero-order chi connectivity index (χ0) is 43.2. The number of rotatable bonds is 6. The highest BCUT2D eigenvalue weighted by molar-refractivity contribution is 6.14. The minimum absolute atomic E-state index is 0.0667. The summed E-state index contributed by atoms with van der Waals surface area (Å²) in [7, 11) is 0. The number of hydrogen-bond donors (Lipinski definition) is 0. The third-order valence-corrected chi connectivity index (χ3v) is 13.5. The van der Waals surface area contributed by atoms with Gasteiger partial charge in [-0.3, -0.25) is 0 Å². The molecule has 3 heterocycles. The van der Waals surface area contributed by atoms with E-state index in [1.165, 1.54) is 55.3 Å². The minimum atomic E-state index is -0.0667. The lowest BCUT2D eigenvalue weighted by Crippen LogP contribution is -2.14. The lowest BCUT2D eigenvalue weighted by Gasteiger charge is -2.21. The van der Waals surface area contributed by atoms with Gasteiger partial charge in [0.25, 0.3) is 0 Å². The van der Waals surface area contributed by atoms with E-state index in [1.807, 2.05) is 54.6 Å². The molecule has 0 unspecified atom stereocenters. The maximum Gasteiger partial charge on any atom is 0.164 e. The van der Waals surface area contributed by atoms with E-state index < -0.39 is 0 Å². The zero-order valence-corrected chi connectivity index (χ0v) is 35.8. The van der Waals surface area contributed by atoms with Crippen LogP contribution in [0.3, 0.4) is 0 Å². The molecule has 13 rings (SSSR count). The SMILES string of the molecule is CC1(C)c2ccccc2-c2c(-c3cccc(-c4cccc5c6ccccc6n(-c6ccc(-c7nc(-c8ccccc8)nc(-c8ccc9c(c8)oc8ccccc89)n7)cc6)c45)c3)cccc21. The number of fused-ring (bicyclic) bond motifs is 9. The molecular formula is C60H40N4O. The number of aromatic nitrogens is 4. The molecule has 3 aromatic heterocycles. The topological polar surface area (TPSA) is 56.7 Å². The molecule has 0 amide bonds. The molecule has 0 atom stereocenters. The zero-order valence-electron chi connectivity index (χ0n) is 35.8. The van der Waals surface area contributed by atoms with E-state index >= 15 is 0 Å². The molecule has 0 saturated heterocycles. The Bertz CT molecular complexity index is 3860. The van der Waals surface area contributed by atoms with E-state index in [9.17, 15) is 0 Å². The van der Waals surface area contributed by atoms with Crippen molar-refractivity contribution in [3.8, 4) is 73.2 Å². The predicted molar refractivity (Wildman–Crippen MR) is 266 cm³/mol. The van der Waals surface area contributed by atoms with Crippen molar-refractivity contribution in [3.05, 3.63) is 217 Å². The molecule has 12 aromatic rings. The van der Waals surface area contributed by atoms with Gasteiger partial charge in [-0.15, -0.1) is 0 Å². The lowest BCUT2D eigenvalue weighted by molar-refractivity contribution is 0.660. The van der Waals surface area contributed by atoms with Crippen LogP contribution in [0.1, 0.15) is 25.0 Å². The van der Waals surface area contributed by atoms with Crippen LogP contribution in [0.4, 0.5) is 0 Å². The van der Waals surface area contributed by atoms with Crippen LogP contribution in [-0.2, 0) is 5.41 Å². The van der Waals surface area contributed by atoms with Crippen LogP contribution in [0.15, 0.2) is 211 Å². The summed E-state index contributed by atoms with van der Waals surface area (Å²) < 4.78 is 8.69. The standard InChI is InChI=1S/C60H40N4O/c1-60(2)50-25-9-6-21-49(50)55-43(22-14-26-51(55)60)39-17-12-18-40(35-39)44-23-13-24-48-45-19-7-10-27-52(45)64(56(44)48)42-32-29-38(30-33-42)58-61-57(37-15-4-3-5-16-37)62-59(63-58)41-31-34-47-46-20-8-11-28-53(46)65-54(47)36-41/h3-36H,1-2H3. The summed E-state index contributed by atoms with van der Waals surface area (Å²) in [5.41, 5.74) is 17.9. The summed E-state index contributed by atoms with van der Waals surface area (Å²) in [5, 5.41) is 4.57. The first-order valence-electron chi connectivity index (χ1n) is 22.2. The molecule has 306 valence electrons. The van der Waals surface area contributed by atoms with Gasteiger partial charge in [0.15, 0.2) is 17.5 Å². The molecule has 0 spiro atoms. The summed E-state index contributed by atoms with van der Waals surface area (Å²) in [6.45, 7) is 4.69. The Morgan fingerprint density at radius 1 is 0.385 bits per heavy atom. The van der Waals surface area contributed by atoms with Gasteiger partial charge in [-0.2, -0.15) is 0 Å². The number of hydrogen-bond acceptors (Lipinski definition) is 4. The van der Waals surface area contributed by atoms with Crippen LogP contribution in [0.2, 0.25) is 0 Å². The molecule has 1 aliphatic carbocycles. The molecule has 0 fully saturated rings. The van der Waals surface area contributed by atoms with Gasteiger partial charge in [-0.25, -0.2) is 15.0 Å². The highest BCUT2D eigenvalue weighted by Gasteiger charge is 2.36. The molecule has 0 radical (unpaired) electrons. The third-order valence-electron chi connectivity index (χ3n) is 13.5. The van der Waals surface area contributed by atoms with Gasteiger partial charge < -0.3 is 8.98 Å². The van der Waals surface area contributed by atoms with Crippen LogP contribution in [-0.4, -0.2) is 19.5 Å². The van der Waals surface area contributed by atoms with Gasteiger partial charge in [-0.1, -0.05) is 166 Å². The molecule has 0 aliphatic heterocycles. The van der Waals surface area contributed by atoms with Gasteiger partial charge >= 0.3 is 0 Å². The lowest BCUT2D eigenvalue weighted by atomic mass is 9.82. The second-order valence-electron chi connectivity index (χ2n) is 17.6. The van der Waals surface area contributed by atoms with Crippen molar-refractivity contribution in [2.45, 2.75) is 19.3 Å². The summed E-state index contributed by atoms with van der Waals surface area (Å²) in [6, 6.07) is 73.3. The average Bonchev–Trinajstić information content (AvgIpc) is 3.99. The molecule has 65 heavy (non-hydrogen) atoms. The first kappa shape index (κ1) is 37.2. The van der Waals surface area contributed by atoms with Crippen molar-refractivity contribution in [1.82, 2.24) is 19.5 Å². The van der Waals surface area contributed by atoms with Crippen molar-refractivity contribution in [1.29, 1.82) is 0 Å². The van der Waals surface area contributed by atoms with Crippen molar-refractivity contribution in [2.75, 3.05) is 0 Å². The normalized spacial score (nSPS) is 12.9. The quantitative estimate of drug-likeness (QED) is 0.167. The number of furan rings is 1. The maximum atomic E-state index is 6.28. The van der Waals surface area contributed by atoms with Gasteiger partial charge in [0.2, 0.25) is 0 Å². The molecule has 0 N–H and O–H groups in total. The Morgan fingerprint density at radius 2 is 0.938 bits per heavy atom. The minimum Gasteiger partial charge on any atom is -0.456 e. The monoisotopic (exact) mass is 832 g/mol. The second kappa shape index (κ2) is 14.3. The van der Waals surface area contributed by atoms with E-state index in [2.05, 4.69) is 170 Å². The molecule has 0 saturated carbocycles. The van der Waals surface area contributed by atoms with Crippen LogP contribution < -0.4 is 0 Å². The van der Waals surface area contributed by atoms with Crippen LogP contribution in [0, 0.1) is 0 Å². The van der Waals surface area contributed by atoms with E-state index in [1.54, 1.807) is 0 Å². The number of para-hydroxylation sites is 3. The highest BCUT2D eigenvalue weighted by atomic mass is 16.3. The fourth-order valence-electron chi connectivity index (χ4n) is 10.3. The highest BCUT2D eigenvalue weighted by Crippen LogP contribution is 2.52. The van der Waals surface area contributed by atoms with E-state index in [4.69, 9.17) is 19.4 Å². The third kappa shape index (κ3) is 5.82. The van der Waals surface area contributed by atoms with Gasteiger partial charge in [-0.05, 0) is 93.5 Å². The van der Waals surface area contributed by atoms with Gasteiger partial charge in [0, 0.05) is 54.9 Å². The van der Waals surface area contributed by atoms with E-state index in [0.29, 0.717) is 17.5 Å². The average molecular weight is 833 g/mol. The van der Waals surface area contributed by atoms with Crippen molar-refractivity contribution >= 4 is 43.7 Å². The molecule has 9 aromatic carbocycles. The summed E-state index contributed by atoms with van der Waals surface area (Å²) in [5.74, 6) is 1.80. The summed E-state index contributed by atoms with van der Waals surface area (Å²) in [4.78, 5) is 15.2. The summed E-state index contributed by atoms with van der Waals surface area (Å²) in [6.07, 6.45) is 0. The van der Waals surface area contributed by atoms with Crippen molar-refractivity contribution in [2.24, 2.45) is 0 Å². The molecule has 5 heteroatoms. The number of nitrogens with zero attached hydrogens (tertiary/aromatic N) is 4. The van der Waals surface area contributed by atoms with E-state index in [0.717, 1.165) is 55.3 Å². The van der Waals surface area contributed by atoms with Crippen molar-refractivity contribution in [3.63, 3.8) is 0 Å². The Morgan fingerprint density at radius 3 is 1.77 bits per heavy atom. The molecule has 0 bridgehead atoms. The van der Waals surface area contributed by atoms with Crippen LogP contribution in [0.5, 0.6) is 0 Å². The fourth-order valence-corrected chi connectivity index (χ4v) is 10.3. The number of benzene rings is 9. The Hall–Kier alpha value is -8.41. The molecule has 5 nitrogen and oxygen atoms in total. The largest absolute Gasteiger partial charge is 0.456 e. The Balaban J connectivity index is 0.936. The first-order valence-corrected chi connectivity index (χ1v) is 22.2.